The highest BCUT2D eigenvalue weighted by molar-refractivity contribution is 5.51. The Kier molecular flexibility index (Phi) is 2.95. The largest absolute Gasteiger partial charge is 0.0622 e. The van der Waals surface area contributed by atoms with Crippen LogP contribution in [0.1, 0.15) is 102 Å². The van der Waals surface area contributed by atoms with Crippen molar-refractivity contribution in [2.24, 2.45) is 90.7 Å². The van der Waals surface area contributed by atoms with Crippen LogP contribution < -0.4 is 0 Å². The Balaban J connectivity index is 1.66. The molecule has 7 fully saturated rings. The van der Waals surface area contributed by atoms with Gasteiger partial charge in [0.05, 0.1) is 0 Å². The molecule has 2 spiro atoms. The van der Waals surface area contributed by atoms with Gasteiger partial charge in [0, 0.05) is 0 Å². The molecular weight excluding hydrogens is 372 g/mol. The van der Waals surface area contributed by atoms with E-state index in [9.17, 15) is 0 Å². The molecule has 15 atom stereocenters. The average Bonchev–Trinajstić information content (AvgIpc) is 3.23. The van der Waals surface area contributed by atoms with Crippen LogP contribution in [0.25, 0.3) is 0 Å². The van der Waals surface area contributed by atoms with Crippen LogP contribution in [0.2, 0.25) is 0 Å². The fourth-order valence-corrected chi connectivity index (χ4v) is 16.4. The van der Waals surface area contributed by atoms with E-state index >= 15 is 0 Å². The quantitative estimate of drug-likeness (QED) is 0.398. The second-order valence-electron chi connectivity index (χ2n) is 16.3. The lowest BCUT2D eigenvalue weighted by atomic mass is 9.34. The summed E-state index contributed by atoms with van der Waals surface area (Å²) in [6.07, 6.45) is 4.65. The molecule has 0 heteroatoms. The van der Waals surface area contributed by atoms with Crippen molar-refractivity contribution in [2.45, 2.75) is 102 Å². The molecule has 0 aromatic rings. The monoisotopic (exact) mass is 422 g/mol. The van der Waals surface area contributed by atoms with Crippen LogP contribution in [0.15, 0.2) is 0 Å². The smallest absolute Gasteiger partial charge is 0.0128 e. The molecule has 0 nitrogen and oxygen atoms in total. The predicted molar refractivity (Wildman–Crippen MR) is 129 cm³/mol. The molecule has 0 saturated heterocycles. The Hall–Kier alpha value is 0. The van der Waals surface area contributed by atoms with Crippen LogP contribution in [0, 0.1) is 90.7 Å². The summed E-state index contributed by atoms with van der Waals surface area (Å²) in [7, 11) is 0. The first-order valence-corrected chi connectivity index (χ1v) is 14.1. The van der Waals surface area contributed by atoms with Crippen molar-refractivity contribution >= 4 is 0 Å². The standard InChI is InChI=1S/C31H50/c1-16(2)26(9)20(6)28(11)25(8)15-31(28)23-22-13-21(19(5)27(22,10)29(23,25)12)24(7)14-30(26,31)18(4)17(24)3/h16-23H,13-15H2,1-12H3. The molecule has 15 unspecified atom stereocenters. The lowest BCUT2D eigenvalue weighted by molar-refractivity contribution is -0.228. The fraction of sp³-hybridized carbons (Fsp3) is 1.00. The molecule has 0 amide bonds. The van der Waals surface area contributed by atoms with E-state index in [0.717, 1.165) is 47.3 Å². The molecule has 174 valence electrons. The van der Waals surface area contributed by atoms with Crippen LogP contribution in [0.4, 0.5) is 0 Å². The Morgan fingerprint density at radius 3 is 1.87 bits per heavy atom. The summed E-state index contributed by atoms with van der Waals surface area (Å²) in [5.74, 6) is 7.15. The van der Waals surface area contributed by atoms with Crippen LogP contribution in [-0.4, -0.2) is 0 Å². The molecule has 7 saturated carbocycles. The maximum atomic E-state index is 2.86. The van der Waals surface area contributed by atoms with Gasteiger partial charge < -0.3 is 0 Å². The topological polar surface area (TPSA) is 0 Å². The van der Waals surface area contributed by atoms with Gasteiger partial charge in [0.1, 0.15) is 0 Å². The molecular formula is C31H50. The lowest BCUT2D eigenvalue weighted by Gasteiger charge is -2.70. The van der Waals surface area contributed by atoms with E-state index in [1.807, 2.05) is 0 Å². The number of fused-ring (bicyclic) bond motifs is 5. The van der Waals surface area contributed by atoms with Crippen LogP contribution in [0.5, 0.6) is 0 Å². The molecule has 7 aliphatic rings. The van der Waals surface area contributed by atoms with E-state index < -0.39 is 0 Å². The van der Waals surface area contributed by atoms with Crippen molar-refractivity contribution in [3.63, 3.8) is 0 Å². The Morgan fingerprint density at radius 1 is 0.677 bits per heavy atom. The van der Waals surface area contributed by atoms with Crippen LogP contribution in [-0.2, 0) is 0 Å². The normalized spacial score (nSPS) is 78.3. The van der Waals surface area contributed by atoms with E-state index in [0.29, 0.717) is 43.3 Å². The molecule has 0 aromatic carbocycles. The lowest BCUT2D eigenvalue weighted by Crippen LogP contribution is -2.65. The summed E-state index contributed by atoms with van der Waals surface area (Å²) in [4.78, 5) is 0. The summed E-state index contributed by atoms with van der Waals surface area (Å²) in [6.45, 7) is 33.1. The highest BCUT2D eigenvalue weighted by Gasteiger charge is 3.04. The number of hydrogen-bond donors (Lipinski definition) is 0. The molecule has 6 bridgehead atoms. The first kappa shape index (κ1) is 20.4. The van der Waals surface area contributed by atoms with Crippen molar-refractivity contribution < 1.29 is 0 Å². The first-order valence-electron chi connectivity index (χ1n) is 14.1. The summed E-state index contributed by atoms with van der Waals surface area (Å²) < 4.78 is 0. The number of hydrogen-bond acceptors (Lipinski definition) is 0. The molecule has 0 N–H and O–H groups in total. The zero-order chi connectivity index (χ0) is 22.7. The fourth-order valence-electron chi connectivity index (χ4n) is 16.4. The summed E-state index contributed by atoms with van der Waals surface area (Å²) in [5, 5.41) is 0. The summed E-state index contributed by atoms with van der Waals surface area (Å²) >= 11 is 0. The van der Waals surface area contributed by atoms with Crippen LogP contribution in [0.3, 0.4) is 0 Å². The van der Waals surface area contributed by atoms with Gasteiger partial charge in [-0.05, 0) is 110 Å². The summed E-state index contributed by atoms with van der Waals surface area (Å²) in [5.41, 5.74) is 4.26. The average molecular weight is 423 g/mol. The van der Waals surface area contributed by atoms with Gasteiger partial charge in [0.2, 0.25) is 0 Å². The van der Waals surface area contributed by atoms with Gasteiger partial charge in [-0.1, -0.05) is 83.1 Å². The third-order valence-electron chi connectivity index (χ3n) is 18.2. The second kappa shape index (κ2) is 4.49. The van der Waals surface area contributed by atoms with Gasteiger partial charge >= 0.3 is 0 Å². The molecule has 31 heavy (non-hydrogen) atoms. The minimum atomic E-state index is 0.457. The van der Waals surface area contributed by atoms with E-state index in [1.54, 1.807) is 12.8 Å². The van der Waals surface area contributed by atoms with Gasteiger partial charge in [-0.25, -0.2) is 0 Å². The minimum absolute atomic E-state index is 0.457. The van der Waals surface area contributed by atoms with Gasteiger partial charge in [-0.15, -0.1) is 0 Å². The first-order chi connectivity index (χ1) is 14.1. The van der Waals surface area contributed by atoms with Gasteiger partial charge in [0.15, 0.2) is 0 Å². The Labute approximate surface area is 193 Å². The highest BCUT2D eigenvalue weighted by atomic mass is 15.1. The molecule has 0 heterocycles. The maximum Gasteiger partial charge on any atom is -0.0128 e. The molecule has 7 rings (SSSR count). The van der Waals surface area contributed by atoms with Gasteiger partial charge in [0.25, 0.3) is 0 Å². The van der Waals surface area contributed by atoms with E-state index in [4.69, 9.17) is 0 Å². The predicted octanol–water partition coefficient (Wildman–Crippen LogP) is 8.31. The van der Waals surface area contributed by atoms with Crippen LogP contribution >= 0.6 is 0 Å². The molecule has 7 aliphatic carbocycles. The van der Waals surface area contributed by atoms with Crippen molar-refractivity contribution in [2.75, 3.05) is 0 Å². The second-order valence-corrected chi connectivity index (χ2v) is 16.3. The Bertz CT molecular complexity index is 932. The van der Waals surface area contributed by atoms with Crippen molar-refractivity contribution in [3.8, 4) is 0 Å². The zero-order valence-electron chi connectivity index (χ0n) is 22.7. The highest BCUT2D eigenvalue weighted by Crippen LogP contribution is 3.08. The third kappa shape index (κ3) is 1.17. The van der Waals surface area contributed by atoms with Gasteiger partial charge in [-0.2, -0.15) is 0 Å². The summed E-state index contributed by atoms with van der Waals surface area (Å²) in [6, 6.07) is 0. The molecule has 0 radical (unpaired) electrons. The SMILES string of the molecule is CC1C(C)C23CC1(C)C1CC4C5C(C)(C4(C)C1C)C1(C)CC52C1(C)C(C)C3(C)C(C)C. The third-order valence-corrected chi connectivity index (χ3v) is 18.2. The zero-order valence-corrected chi connectivity index (χ0v) is 22.7. The maximum absolute atomic E-state index is 2.86. The molecule has 0 aliphatic heterocycles. The van der Waals surface area contributed by atoms with Crippen molar-refractivity contribution in [1.29, 1.82) is 0 Å². The van der Waals surface area contributed by atoms with E-state index in [1.165, 1.54) is 6.42 Å². The molecule has 0 aromatic heterocycles. The van der Waals surface area contributed by atoms with E-state index in [-0.39, 0.29) is 0 Å². The van der Waals surface area contributed by atoms with E-state index in [2.05, 4.69) is 83.1 Å². The van der Waals surface area contributed by atoms with Crippen molar-refractivity contribution in [3.05, 3.63) is 0 Å². The minimum Gasteiger partial charge on any atom is -0.0622 e. The Morgan fingerprint density at radius 2 is 1.29 bits per heavy atom. The van der Waals surface area contributed by atoms with Gasteiger partial charge in [-0.3, -0.25) is 0 Å². The number of rotatable bonds is 1. The van der Waals surface area contributed by atoms with Crippen molar-refractivity contribution in [1.82, 2.24) is 0 Å².